The van der Waals surface area contributed by atoms with Gasteiger partial charge in [0.2, 0.25) is 0 Å². The Morgan fingerprint density at radius 2 is 1.97 bits per heavy atom. The van der Waals surface area contributed by atoms with Crippen molar-refractivity contribution in [1.29, 1.82) is 0 Å². The average molecular weight is 446 g/mol. The van der Waals surface area contributed by atoms with Gasteiger partial charge in [-0.1, -0.05) is 19.8 Å². The first-order chi connectivity index (χ1) is 15.4. The van der Waals surface area contributed by atoms with Crippen LogP contribution in [-0.2, 0) is 14.2 Å². The second-order valence-corrected chi connectivity index (χ2v) is 10.1. The van der Waals surface area contributed by atoms with Crippen molar-refractivity contribution in [2.45, 2.75) is 82.2 Å². The Labute approximate surface area is 187 Å². The molecule has 3 saturated carbocycles. The standard InChI is InChI=1S/C24H31NO7/c1-16-12-17-4-2-5-18(13-17)24(16)15-29-23(32-24)11-3-6-21(14-23)31-22(26)30-20-9-7-19(8-10-20)25(27)28/h7-10,16-18,21H,2-6,11-15H2,1H3. The van der Waals surface area contributed by atoms with Crippen LogP contribution < -0.4 is 4.74 Å². The number of hydrogen-bond acceptors (Lipinski definition) is 7. The zero-order valence-corrected chi connectivity index (χ0v) is 18.5. The maximum atomic E-state index is 12.3. The van der Waals surface area contributed by atoms with E-state index in [-0.39, 0.29) is 23.1 Å². The number of nitro benzene ring substituents is 1. The third-order valence-electron chi connectivity index (χ3n) is 8.07. The zero-order chi connectivity index (χ0) is 22.3. The highest BCUT2D eigenvalue weighted by atomic mass is 16.8. The average Bonchev–Trinajstić information content (AvgIpc) is 3.13. The van der Waals surface area contributed by atoms with Crippen LogP contribution in [0, 0.1) is 27.9 Å². The molecule has 3 aliphatic carbocycles. The Balaban J connectivity index is 1.21. The van der Waals surface area contributed by atoms with Crippen LogP contribution in [0.3, 0.4) is 0 Å². The Morgan fingerprint density at radius 3 is 2.75 bits per heavy atom. The summed E-state index contributed by atoms with van der Waals surface area (Å²) >= 11 is 0. The smallest absolute Gasteiger partial charge is 0.430 e. The highest BCUT2D eigenvalue weighted by Gasteiger charge is 2.60. The number of fused-ring (bicyclic) bond motifs is 3. The number of carbonyl (C=O) groups excluding carboxylic acids is 1. The number of non-ortho nitro benzene ring substituents is 1. The van der Waals surface area contributed by atoms with Crippen LogP contribution >= 0.6 is 0 Å². The van der Waals surface area contributed by atoms with Gasteiger partial charge in [0.05, 0.1) is 11.5 Å². The first-order valence-corrected chi connectivity index (χ1v) is 11.8. The molecule has 1 saturated heterocycles. The highest BCUT2D eigenvalue weighted by Crippen LogP contribution is 2.56. The molecule has 1 heterocycles. The molecule has 174 valence electrons. The van der Waals surface area contributed by atoms with Crippen molar-refractivity contribution in [2.75, 3.05) is 6.61 Å². The van der Waals surface area contributed by atoms with Crippen molar-refractivity contribution < 1.29 is 28.7 Å². The minimum atomic E-state index is -0.810. The second kappa shape index (κ2) is 8.30. The molecule has 0 aromatic heterocycles. The van der Waals surface area contributed by atoms with E-state index in [1.165, 1.54) is 56.4 Å². The summed E-state index contributed by atoms with van der Waals surface area (Å²) in [4.78, 5) is 22.6. The first-order valence-electron chi connectivity index (χ1n) is 11.8. The van der Waals surface area contributed by atoms with Crippen LogP contribution in [0.4, 0.5) is 10.5 Å². The Bertz CT molecular complexity index is 872. The van der Waals surface area contributed by atoms with Crippen LogP contribution in [0.25, 0.3) is 0 Å². The van der Waals surface area contributed by atoms with Gasteiger partial charge < -0.3 is 18.9 Å². The van der Waals surface area contributed by atoms with Gasteiger partial charge in [-0.25, -0.2) is 4.79 Å². The van der Waals surface area contributed by atoms with E-state index in [1.54, 1.807) is 0 Å². The Morgan fingerprint density at radius 1 is 1.16 bits per heavy atom. The number of nitro groups is 1. The molecule has 0 N–H and O–H groups in total. The molecular weight excluding hydrogens is 414 g/mol. The van der Waals surface area contributed by atoms with Crippen LogP contribution in [-0.4, -0.2) is 35.2 Å². The quantitative estimate of drug-likeness (QED) is 0.267. The number of nitrogens with zero attached hydrogens (tertiary/aromatic N) is 1. The van der Waals surface area contributed by atoms with Crippen molar-refractivity contribution in [2.24, 2.45) is 17.8 Å². The lowest BCUT2D eigenvalue weighted by Gasteiger charge is -2.51. The molecule has 4 fully saturated rings. The SMILES string of the molecule is CC1CC2CCCC(C2)C12COC1(CCCC(OC(=O)Oc3ccc([N+](=O)[O-])cc3)C1)O2. The van der Waals surface area contributed by atoms with E-state index in [4.69, 9.17) is 18.9 Å². The van der Waals surface area contributed by atoms with Gasteiger partial charge in [-0.05, 0) is 62.0 Å². The first kappa shape index (κ1) is 21.6. The minimum absolute atomic E-state index is 0.0642. The van der Waals surface area contributed by atoms with Gasteiger partial charge >= 0.3 is 6.16 Å². The van der Waals surface area contributed by atoms with E-state index >= 15 is 0 Å². The van der Waals surface area contributed by atoms with E-state index in [1.807, 2.05) is 0 Å². The lowest BCUT2D eigenvalue weighted by atomic mass is 9.60. The van der Waals surface area contributed by atoms with Gasteiger partial charge in [-0.2, -0.15) is 0 Å². The number of ether oxygens (including phenoxy) is 4. The fourth-order valence-electron chi connectivity index (χ4n) is 6.51. The van der Waals surface area contributed by atoms with Gasteiger partial charge in [0.1, 0.15) is 17.5 Å². The molecule has 0 radical (unpaired) electrons. The molecule has 32 heavy (non-hydrogen) atoms. The molecule has 1 aromatic rings. The molecule has 6 unspecified atom stereocenters. The summed E-state index contributed by atoms with van der Waals surface area (Å²) in [6, 6.07) is 5.35. The van der Waals surface area contributed by atoms with Crippen molar-refractivity contribution in [3.05, 3.63) is 34.4 Å². The number of rotatable bonds is 3. The van der Waals surface area contributed by atoms with E-state index in [0.717, 1.165) is 25.2 Å². The summed E-state index contributed by atoms with van der Waals surface area (Å²) in [7, 11) is 0. The third-order valence-corrected chi connectivity index (χ3v) is 8.07. The largest absolute Gasteiger partial charge is 0.514 e. The molecule has 1 aromatic carbocycles. The Hall–Kier alpha value is -2.19. The lowest BCUT2D eigenvalue weighted by Crippen LogP contribution is -2.54. The second-order valence-electron chi connectivity index (χ2n) is 10.1. The normalized spacial score (nSPS) is 38.5. The van der Waals surface area contributed by atoms with Crippen molar-refractivity contribution in [3.63, 3.8) is 0 Å². The summed E-state index contributed by atoms with van der Waals surface area (Å²) in [5.41, 5.74) is -0.274. The van der Waals surface area contributed by atoms with E-state index in [2.05, 4.69) is 6.92 Å². The molecule has 4 aliphatic rings. The molecule has 2 spiro atoms. The Kier molecular flexibility index (Phi) is 5.61. The van der Waals surface area contributed by atoms with E-state index in [0.29, 0.717) is 24.9 Å². The fraction of sp³-hybridized carbons (Fsp3) is 0.708. The van der Waals surface area contributed by atoms with E-state index < -0.39 is 16.9 Å². The maximum Gasteiger partial charge on any atom is 0.514 e. The van der Waals surface area contributed by atoms with Gasteiger partial charge in [0.15, 0.2) is 5.79 Å². The van der Waals surface area contributed by atoms with Crippen molar-refractivity contribution >= 4 is 11.8 Å². The summed E-state index contributed by atoms with van der Waals surface area (Å²) in [5, 5.41) is 10.8. The molecule has 8 nitrogen and oxygen atoms in total. The minimum Gasteiger partial charge on any atom is -0.430 e. The molecule has 6 atom stereocenters. The van der Waals surface area contributed by atoms with Gasteiger partial charge in [0, 0.05) is 25.0 Å². The summed E-state index contributed by atoms with van der Waals surface area (Å²) in [5.74, 6) is 1.37. The lowest BCUT2D eigenvalue weighted by molar-refractivity contribution is -0.384. The van der Waals surface area contributed by atoms with Crippen LogP contribution in [0.5, 0.6) is 5.75 Å². The highest BCUT2D eigenvalue weighted by molar-refractivity contribution is 5.64. The maximum absolute atomic E-state index is 12.3. The van der Waals surface area contributed by atoms with Crippen molar-refractivity contribution in [1.82, 2.24) is 0 Å². The molecule has 2 bridgehead atoms. The molecule has 8 heteroatoms. The van der Waals surface area contributed by atoms with Gasteiger partial charge in [-0.15, -0.1) is 0 Å². The van der Waals surface area contributed by atoms with Crippen LogP contribution in [0.1, 0.15) is 64.7 Å². The number of hydrogen-bond donors (Lipinski definition) is 0. The molecule has 5 rings (SSSR count). The summed E-state index contributed by atoms with van der Waals surface area (Å²) in [6.07, 6.45) is 8.03. The zero-order valence-electron chi connectivity index (χ0n) is 18.5. The molecular formula is C24H31NO7. The van der Waals surface area contributed by atoms with Gasteiger partial charge in [0.25, 0.3) is 5.69 Å². The van der Waals surface area contributed by atoms with E-state index in [9.17, 15) is 14.9 Å². The number of benzene rings is 1. The monoisotopic (exact) mass is 445 g/mol. The van der Waals surface area contributed by atoms with Crippen molar-refractivity contribution in [3.8, 4) is 5.75 Å². The fourth-order valence-corrected chi connectivity index (χ4v) is 6.51. The predicted molar refractivity (Wildman–Crippen MR) is 114 cm³/mol. The third kappa shape index (κ3) is 3.99. The molecule has 0 amide bonds. The topological polar surface area (TPSA) is 97.1 Å². The summed E-state index contributed by atoms with van der Waals surface area (Å²) < 4.78 is 24.1. The number of carbonyl (C=O) groups is 1. The summed E-state index contributed by atoms with van der Waals surface area (Å²) in [6.45, 7) is 2.94. The van der Waals surface area contributed by atoms with Gasteiger partial charge in [-0.3, -0.25) is 10.1 Å². The predicted octanol–water partition coefficient (Wildman–Crippen LogP) is 5.38. The van der Waals surface area contributed by atoms with Crippen LogP contribution in [0.2, 0.25) is 0 Å². The van der Waals surface area contributed by atoms with Crippen LogP contribution in [0.15, 0.2) is 24.3 Å². The molecule has 1 aliphatic heterocycles.